The number of carbonyl (C=O) groups is 2. The molecule has 1 saturated carbocycles. The van der Waals surface area contributed by atoms with Gasteiger partial charge in [-0.2, -0.15) is 0 Å². The van der Waals surface area contributed by atoms with Crippen LogP contribution in [0.1, 0.15) is 49.4 Å². The highest BCUT2D eigenvalue weighted by atomic mass is 32.2. The number of hydrogen-bond acceptors (Lipinski definition) is 5. The van der Waals surface area contributed by atoms with E-state index in [9.17, 15) is 18.0 Å². The summed E-state index contributed by atoms with van der Waals surface area (Å²) in [6, 6.07) is 5.73. The number of hydrogen-bond donors (Lipinski definition) is 1. The fraction of sp³-hybridized carbons (Fsp3) is 0.556. The van der Waals surface area contributed by atoms with Crippen molar-refractivity contribution in [1.82, 2.24) is 9.62 Å². The molecule has 1 aromatic rings. The Bertz CT molecular complexity index is 771. The van der Waals surface area contributed by atoms with Crippen LogP contribution in [0, 0.1) is 0 Å². The molecule has 1 amide bonds. The smallest absolute Gasteiger partial charge is 0.338 e. The molecular weight excluding hydrogens is 356 g/mol. The van der Waals surface area contributed by atoms with E-state index in [1.807, 2.05) is 6.92 Å². The molecule has 0 spiro atoms. The molecule has 2 fully saturated rings. The lowest BCUT2D eigenvalue weighted by molar-refractivity contribution is -0.137. The number of nitrogens with one attached hydrogen (secondary N) is 1. The van der Waals surface area contributed by atoms with Crippen LogP contribution in [0.25, 0.3) is 0 Å². The summed E-state index contributed by atoms with van der Waals surface area (Å²) >= 11 is 0. The number of rotatable bonds is 6. The maximum Gasteiger partial charge on any atom is 0.338 e. The molecule has 142 valence electrons. The molecule has 3 rings (SSSR count). The maximum absolute atomic E-state index is 12.2. The van der Waals surface area contributed by atoms with Crippen LogP contribution in [0.15, 0.2) is 29.2 Å². The molecule has 1 heterocycles. The van der Waals surface area contributed by atoms with Gasteiger partial charge in [0.25, 0.3) is 5.91 Å². The zero-order valence-electron chi connectivity index (χ0n) is 14.8. The minimum atomic E-state index is -3.55. The van der Waals surface area contributed by atoms with Crippen molar-refractivity contribution in [2.45, 2.75) is 56.0 Å². The van der Waals surface area contributed by atoms with Gasteiger partial charge in [-0.1, -0.05) is 0 Å². The quantitative estimate of drug-likeness (QED) is 0.758. The summed E-state index contributed by atoms with van der Waals surface area (Å²) < 4.78 is 31.9. The Hall–Kier alpha value is -1.93. The number of piperidine rings is 1. The lowest BCUT2D eigenvalue weighted by Gasteiger charge is -2.33. The first-order valence-electron chi connectivity index (χ1n) is 8.96. The molecule has 26 heavy (non-hydrogen) atoms. The number of benzene rings is 1. The van der Waals surface area contributed by atoms with Gasteiger partial charge in [0.1, 0.15) is 0 Å². The van der Waals surface area contributed by atoms with Crippen molar-refractivity contribution in [2.75, 3.05) is 13.2 Å². The number of amides is 1. The minimum Gasteiger partial charge on any atom is -0.452 e. The van der Waals surface area contributed by atoms with Crippen LogP contribution in [-0.4, -0.2) is 50.4 Å². The molecule has 1 aliphatic carbocycles. The van der Waals surface area contributed by atoms with Crippen LogP contribution < -0.4 is 4.72 Å². The monoisotopic (exact) mass is 380 g/mol. The van der Waals surface area contributed by atoms with Crippen molar-refractivity contribution in [3.63, 3.8) is 0 Å². The molecule has 1 unspecified atom stereocenters. The normalized spacial score (nSPS) is 20.7. The third-order valence-electron chi connectivity index (χ3n) is 4.75. The molecular formula is C18H24N2O5S. The number of nitrogens with zero attached hydrogens (tertiary/aromatic N) is 1. The molecule has 0 aromatic heterocycles. The summed E-state index contributed by atoms with van der Waals surface area (Å²) in [6.45, 7) is 2.39. The fourth-order valence-electron chi connectivity index (χ4n) is 3.02. The van der Waals surface area contributed by atoms with Gasteiger partial charge in [-0.3, -0.25) is 4.79 Å². The molecule has 1 N–H and O–H groups in total. The van der Waals surface area contributed by atoms with Gasteiger partial charge in [0, 0.05) is 18.6 Å². The SMILES string of the molecule is CC1CCCCN1C(=O)COC(=O)c1ccc(S(=O)(=O)NC2CC2)cc1. The largest absolute Gasteiger partial charge is 0.452 e. The van der Waals surface area contributed by atoms with E-state index in [1.165, 1.54) is 24.3 Å². The van der Waals surface area contributed by atoms with E-state index < -0.39 is 16.0 Å². The van der Waals surface area contributed by atoms with Gasteiger partial charge in [0.05, 0.1) is 10.5 Å². The van der Waals surface area contributed by atoms with Gasteiger partial charge in [-0.25, -0.2) is 17.9 Å². The summed E-state index contributed by atoms with van der Waals surface area (Å²) in [4.78, 5) is 26.2. The maximum atomic E-state index is 12.2. The van der Waals surface area contributed by atoms with Crippen LogP contribution in [0.4, 0.5) is 0 Å². The van der Waals surface area contributed by atoms with Crippen LogP contribution in [-0.2, 0) is 19.6 Å². The zero-order valence-corrected chi connectivity index (χ0v) is 15.6. The Morgan fingerprint density at radius 1 is 1.15 bits per heavy atom. The van der Waals surface area contributed by atoms with Crippen molar-refractivity contribution >= 4 is 21.9 Å². The van der Waals surface area contributed by atoms with E-state index >= 15 is 0 Å². The first-order chi connectivity index (χ1) is 12.4. The third-order valence-corrected chi connectivity index (χ3v) is 6.29. The number of carbonyl (C=O) groups excluding carboxylic acids is 2. The summed E-state index contributed by atoms with van der Waals surface area (Å²) in [5.41, 5.74) is 0.217. The van der Waals surface area contributed by atoms with E-state index in [0.717, 1.165) is 32.1 Å². The molecule has 0 bridgehead atoms. The van der Waals surface area contributed by atoms with Gasteiger partial charge in [-0.15, -0.1) is 0 Å². The first-order valence-corrected chi connectivity index (χ1v) is 10.4. The summed E-state index contributed by atoms with van der Waals surface area (Å²) in [5.74, 6) is -0.833. The molecule has 1 saturated heterocycles. The Kier molecular flexibility index (Phi) is 5.62. The van der Waals surface area contributed by atoms with E-state index in [1.54, 1.807) is 4.90 Å². The van der Waals surface area contributed by atoms with Gasteiger partial charge in [0.2, 0.25) is 10.0 Å². The predicted molar refractivity (Wildman–Crippen MR) is 95.1 cm³/mol. The highest BCUT2D eigenvalue weighted by Crippen LogP contribution is 2.22. The molecule has 8 heteroatoms. The summed E-state index contributed by atoms with van der Waals surface area (Å²) in [7, 11) is -3.55. The van der Waals surface area contributed by atoms with Gasteiger partial charge < -0.3 is 9.64 Å². The molecule has 1 aromatic carbocycles. The van der Waals surface area contributed by atoms with Crippen molar-refractivity contribution in [3.8, 4) is 0 Å². The van der Waals surface area contributed by atoms with Gasteiger partial charge >= 0.3 is 5.97 Å². The van der Waals surface area contributed by atoms with E-state index in [-0.39, 0.29) is 35.1 Å². The van der Waals surface area contributed by atoms with Crippen molar-refractivity contribution in [1.29, 1.82) is 0 Å². The Morgan fingerprint density at radius 3 is 2.46 bits per heavy atom. The Morgan fingerprint density at radius 2 is 1.85 bits per heavy atom. The van der Waals surface area contributed by atoms with Crippen molar-refractivity contribution in [3.05, 3.63) is 29.8 Å². The number of esters is 1. The minimum absolute atomic E-state index is 0.0211. The molecule has 1 aliphatic heterocycles. The third kappa shape index (κ3) is 4.62. The second-order valence-corrected chi connectivity index (χ2v) is 8.64. The number of sulfonamides is 1. The lowest BCUT2D eigenvalue weighted by Crippen LogP contribution is -2.44. The standard InChI is InChI=1S/C18H24N2O5S/c1-13-4-2-3-11-20(13)17(21)12-25-18(22)14-5-9-16(10-6-14)26(23,24)19-15-7-8-15/h5-6,9-10,13,15,19H,2-4,7-8,11-12H2,1H3. The number of ether oxygens (including phenoxy) is 1. The topological polar surface area (TPSA) is 92.8 Å². The zero-order chi connectivity index (χ0) is 18.7. The second kappa shape index (κ2) is 7.75. The predicted octanol–water partition coefficient (Wildman–Crippen LogP) is 1.69. The van der Waals surface area contributed by atoms with Crippen LogP contribution >= 0.6 is 0 Å². The molecule has 1 atom stereocenters. The van der Waals surface area contributed by atoms with E-state index in [4.69, 9.17) is 4.74 Å². The van der Waals surface area contributed by atoms with Crippen LogP contribution in [0.2, 0.25) is 0 Å². The second-order valence-electron chi connectivity index (χ2n) is 6.93. The summed E-state index contributed by atoms with van der Waals surface area (Å²) in [5, 5.41) is 0. The van der Waals surface area contributed by atoms with Crippen LogP contribution in [0.5, 0.6) is 0 Å². The van der Waals surface area contributed by atoms with Crippen LogP contribution in [0.3, 0.4) is 0 Å². The molecule has 2 aliphatic rings. The molecule has 7 nitrogen and oxygen atoms in total. The fourth-order valence-corrected chi connectivity index (χ4v) is 4.33. The Labute approximate surface area is 153 Å². The van der Waals surface area contributed by atoms with Crippen molar-refractivity contribution in [2.24, 2.45) is 0 Å². The van der Waals surface area contributed by atoms with E-state index in [0.29, 0.717) is 6.54 Å². The summed E-state index contributed by atoms with van der Waals surface area (Å²) in [6.07, 6.45) is 4.75. The van der Waals surface area contributed by atoms with Gasteiger partial charge in [-0.05, 0) is 63.3 Å². The van der Waals surface area contributed by atoms with Crippen molar-refractivity contribution < 1.29 is 22.7 Å². The first kappa shape index (κ1) is 18.8. The average Bonchev–Trinajstić information content (AvgIpc) is 3.43. The Balaban J connectivity index is 1.55. The highest BCUT2D eigenvalue weighted by Gasteiger charge is 2.28. The van der Waals surface area contributed by atoms with E-state index in [2.05, 4.69) is 4.72 Å². The lowest BCUT2D eigenvalue weighted by atomic mass is 10.0. The average molecular weight is 380 g/mol. The molecule has 0 radical (unpaired) electrons. The highest BCUT2D eigenvalue weighted by molar-refractivity contribution is 7.89. The number of likely N-dealkylation sites (tertiary alicyclic amines) is 1. The van der Waals surface area contributed by atoms with Gasteiger partial charge in [0.15, 0.2) is 6.61 Å².